The second-order valence-electron chi connectivity index (χ2n) is 4.51. The standard InChI is InChI=1S/C13H19NO2/c15-11-5-3-4-10(8-11)9-14-12-6-1-2-7-13(12)16/h3-5,8,12-16H,1-2,6-7,9H2. The van der Waals surface area contributed by atoms with Crippen LogP contribution in [0.4, 0.5) is 0 Å². The van der Waals surface area contributed by atoms with Crippen LogP contribution in [0, 0.1) is 0 Å². The van der Waals surface area contributed by atoms with Gasteiger partial charge in [-0.15, -0.1) is 0 Å². The number of phenolic OH excluding ortho intramolecular Hbond substituents is 1. The SMILES string of the molecule is Oc1cccc(CNC2CCCCC2O)c1. The molecular formula is C13H19NO2. The van der Waals surface area contributed by atoms with Gasteiger partial charge in [-0.2, -0.15) is 0 Å². The minimum absolute atomic E-state index is 0.205. The van der Waals surface area contributed by atoms with E-state index >= 15 is 0 Å². The maximum atomic E-state index is 9.79. The molecule has 1 aliphatic carbocycles. The van der Waals surface area contributed by atoms with Crippen LogP contribution in [0.3, 0.4) is 0 Å². The van der Waals surface area contributed by atoms with Crippen molar-refractivity contribution in [2.75, 3.05) is 0 Å². The molecule has 3 nitrogen and oxygen atoms in total. The molecule has 3 heteroatoms. The fraction of sp³-hybridized carbons (Fsp3) is 0.538. The van der Waals surface area contributed by atoms with Gasteiger partial charge in [0.05, 0.1) is 6.10 Å². The van der Waals surface area contributed by atoms with Crippen molar-refractivity contribution in [2.24, 2.45) is 0 Å². The summed E-state index contributed by atoms with van der Waals surface area (Å²) in [6, 6.07) is 7.43. The Balaban J connectivity index is 1.86. The van der Waals surface area contributed by atoms with Gasteiger partial charge >= 0.3 is 0 Å². The molecule has 1 aliphatic rings. The molecule has 0 radical (unpaired) electrons. The maximum Gasteiger partial charge on any atom is 0.115 e. The predicted molar refractivity (Wildman–Crippen MR) is 63.2 cm³/mol. The molecule has 1 saturated carbocycles. The van der Waals surface area contributed by atoms with Crippen molar-refractivity contribution < 1.29 is 10.2 Å². The van der Waals surface area contributed by atoms with Gasteiger partial charge in [0.25, 0.3) is 0 Å². The molecule has 1 aromatic rings. The van der Waals surface area contributed by atoms with Crippen LogP contribution in [0.1, 0.15) is 31.2 Å². The number of hydrogen-bond donors (Lipinski definition) is 3. The second kappa shape index (κ2) is 5.32. The van der Waals surface area contributed by atoms with E-state index in [0.29, 0.717) is 12.3 Å². The smallest absolute Gasteiger partial charge is 0.115 e. The van der Waals surface area contributed by atoms with Crippen molar-refractivity contribution in [3.63, 3.8) is 0 Å². The summed E-state index contributed by atoms with van der Waals surface area (Å²) in [4.78, 5) is 0. The molecule has 0 bridgehead atoms. The molecule has 0 aliphatic heterocycles. The van der Waals surface area contributed by atoms with Crippen molar-refractivity contribution in [3.8, 4) is 5.75 Å². The molecule has 2 unspecified atom stereocenters. The summed E-state index contributed by atoms with van der Waals surface area (Å²) in [6.07, 6.45) is 4.05. The van der Waals surface area contributed by atoms with Crippen molar-refractivity contribution >= 4 is 0 Å². The monoisotopic (exact) mass is 221 g/mol. The summed E-state index contributed by atoms with van der Waals surface area (Å²) in [6.45, 7) is 0.704. The summed E-state index contributed by atoms with van der Waals surface area (Å²) >= 11 is 0. The molecule has 16 heavy (non-hydrogen) atoms. The van der Waals surface area contributed by atoms with Gasteiger partial charge in [0.15, 0.2) is 0 Å². The van der Waals surface area contributed by atoms with Crippen LogP contribution in [0.2, 0.25) is 0 Å². The molecule has 1 aromatic carbocycles. The first-order valence-corrected chi connectivity index (χ1v) is 5.95. The molecule has 0 aromatic heterocycles. The lowest BCUT2D eigenvalue weighted by Gasteiger charge is -2.28. The molecule has 0 heterocycles. The van der Waals surface area contributed by atoms with E-state index in [1.54, 1.807) is 12.1 Å². The highest BCUT2D eigenvalue weighted by molar-refractivity contribution is 5.26. The predicted octanol–water partition coefficient (Wildman–Crippen LogP) is 1.79. The zero-order valence-electron chi connectivity index (χ0n) is 9.39. The van der Waals surface area contributed by atoms with E-state index in [-0.39, 0.29) is 12.1 Å². The third-order valence-electron chi connectivity index (χ3n) is 3.21. The van der Waals surface area contributed by atoms with Gasteiger partial charge in [0.1, 0.15) is 5.75 Å². The molecular weight excluding hydrogens is 202 g/mol. The Labute approximate surface area is 96.1 Å². The van der Waals surface area contributed by atoms with Crippen LogP contribution in [0.25, 0.3) is 0 Å². The van der Waals surface area contributed by atoms with Gasteiger partial charge in [-0.05, 0) is 30.5 Å². The number of hydrogen-bond acceptors (Lipinski definition) is 3. The van der Waals surface area contributed by atoms with Crippen LogP contribution in [-0.2, 0) is 6.54 Å². The third-order valence-corrected chi connectivity index (χ3v) is 3.21. The van der Waals surface area contributed by atoms with E-state index < -0.39 is 0 Å². The lowest BCUT2D eigenvalue weighted by molar-refractivity contribution is 0.0902. The Morgan fingerprint density at radius 2 is 2.06 bits per heavy atom. The molecule has 2 atom stereocenters. The van der Waals surface area contributed by atoms with Crippen LogP contribution in [-0.4, -0.2) is 22.4 Å². The van der Waals surface area contributed by atoms with E-state index in [2.05, 4.69) is 5.32 Å². The van der Waals surface area contributed by atoms with Crippen molar-refractivity contribution in [2.45, 2.75) is 44.4 Å². The number of nitrogens with one attached hydrogen (secondary N) is 1. The number of benzene rings is 1. The van der Waals surface area contributed by atoms with Gasteiger partial charge in [-0.3, -0.25) is 0 Å². The maximum absolute atomic E-state index is 9.79. The summed E-state index contributed by atoms with van der Waals surface area (Å²) in [5.41, 5.74) is 1.05. The van der Waals surface area contributed by atoms with Crippen molar-refractivity contribution in [3.05, 3.63) is 29.8 Å². The van der Waals surface area contributed by atoms with Crippen molar-refractivity contribution in [1.82, 2.24) is 5.32 Å². The normalized spacial score (nSPS) is 25.6. The van der Waals surface area contributed by atoms with Crippen LogP contribution in [0.5, 0.6) is 5.75 Å². The number of rotatable bonds is 3. The largest absolute Gasteiger partial charge is 0.508 e. The Hall–Kier alpha value is -1.06. The second-order valence-corrected chi connectivity index (χ2v) is 4.51. The van der Waals surface area contributed by atoms with Crippen LogP contribution < -0.4 is 5.32 Å². The number of phenols is 1. The molecule has 0 spiro atoms. The van der Waals surface area contributed by atoms with Gasteiger partial charge in [0.2, 0.25) is 0 Å². The highest BCUT2D eigenvalue weighted by Gasteiger charge is 2.21. The Morgan fingerprint density at radius 3 is 2.81 bits per heavy atom. The molecule has 0 amide bonds. The average molecular weight is 221 g/mol. The first-order chi connectivity index (χ1) is 7.75. The highest BCUT2D eigenvalue weighted by Crippen LogP contribution is 2.19. The zero-order chi connectivity index (χ0) is 11.4. The highest BCUT2D eigenvalue weighted by atomic mass is 16.3. The van der Waals surface area contributed by atoms with Crippen LogP contribution in [0.15, 0.2) is 24.3 Å². The fourth-order valence-electron chi connectivity index (χ4n) is 2.26. The Morgan fingerprint density at radius 1 is 1.25 bits per heavy atom. The summed E-state index contributed by atoms with van der Waals surface area (Å²) in [5.74, 6) is 0.295. The van der Waals surface area contributed by atoms with Gasteiger partial charge in [0, 0.05) is 12.6 Å². The van der Waals surface area contributed by atoms with Gasteiger partial charge in [-0.1, -0.05) is 25.0 Å². The Kier molecular flexibility index (Phi) is 3.80. The van der Waals surface area contributed by atoms with E-state index in [4.69, 9.17) is 0 Å². The minimum atomic E-state index is -0.217. The van der Waals surface area contributed by atoms with E-state index in [0.717, 1.165) is 24.8 Å². The number of aromatic hydroxyl groups is 1. The molecule has 1 fully saturated rings. The van der Waals surface area contributed by atoms with Crippen molar-refractivity contribution in [1.29, 1.82) is 0 Å². The molecule has 3 N–H and O–H groups in total. The lowest BCUT2D eigenvalue weighted by atomic mass is 9.92. The lowest BCUT2D eigenvalue weighted by Crippen LogP contribution is -2.41. The quantitative estimate of drug-likeness (QED) is 0.729. The first kappa shape index (κ1) is 11.4. The summed E-state index contributed by atoms with van der Waals surface area (Å²) in [5, 5.41) is 22.5. The summed E-state index contributed by atoms with van der Waals surface area (Å²) < 4.78 is 0. The molecule has 0 saturated heterocycles. The number of aliphatic hydroxyl groups is 1. The van der Waals surface area contributed by atoms with Crippen LogP contribution >= 0.6 is 0 Å². The van der Waals surface area contributed by atoms with E-state index in [1.807, 2.05) is 12.1 Å². The molecule has 88 valence electrons. The Bertz CT molecular complexity index is 340. The van der Waals surface area contributed by atoms with E-state index in [1.165, 1.54) is 6.42 Å². The third kappa shape index (κ3) is 2.97. The van der Waals surface area contributed by atoms with Gasteiger partial charge < -0.3 is 15.5 Å². The van der Waals surface area contributed by atoms with Gasteiger partial charge in [-0.25, -0.2) is 0 Å². The number of aliphatic hydroxyl groups excluding tert-OH is 1. The first-order valence-electron chi connectivity index (χ1n) is 5.95. The average Bonchev–Trinajstić information content (AvgIpc) is 2.28. The zero-order valence-corrected chi connectivity index (χ0v) is 9.39. The van der Waals surface area contributed by atoms with E-state index in [9.17, 15) is 10.2 Å². The molecule has 2 rings (SSSR count). The topological polar surface area (TPSA) is 52.5 Å². The minimum Gasteiger partial charge on any atom is -0.508 e. The summed E-state index contributed by atoms with van der Waals surface area (Å²) in [7, 11) is 0. The fourth-order valence-corrected chi connectivity index (χ4v) is 2.26.